The minimum absolute atomic E-state index is 0.786. The van der Waals surface area contributed by atoms with E-state index in [1.807, 2.05) is 0 Å². The summed E-state index contributed by atoms with van der Waals surface area (Å²) in [5.74, 6) is 4.53. The van der Waals surface area contributed by atoms with Gasteiger partial charge in [0.2, 0.25) is 0 Å². The first-order valence-corrected chi connectivity index (χ1v) is 8.08. The summed E-state index contributed by atoms with van der Waals surface area (Å²) in [6.07, 6.45) is 11.9. The zero-order chi connectivity index (χ0) is 12.7. The van der Waals surface area contributed by atoms with Gasteiger partial charge in [-0.25, -0.2) is 0 Å². The molecule has 0 saturated heterocycles. The Hall–Kier alpha value is -0.300. The Morgan fingerprint density at radius 1 is 1.11 bits per heavy atom. The first-order chi connectivity index (χ1) is 8.65. The topological polar surface area (TPSA) is 12.0 Å². The predicted molar refractivity (Wildman–Crippen MR) is 77.4 cm³/mol. The van der Waals surface area contributed by atoms with Gasteiger partial charge in [-0.05, 0) is 55.3 Å². The van der Waals surface area contributed by atoms with E-state index in [1.54, 1.807) is 0 Å². The van der Waals surface area contributed by atoms with Gasteiger partial charge in [0.1, 0.15) is 0 Å². The summed E-state index contributed by atoms with van der Waals surface area (Å²) in [7, 11) is 0. The van der Waals surface area contributed by atoms with Gasteiger partial charge in [-0.1, -0.05) is 39.3 Å². The van der Waals surface area contributed by atoms with Crippen LogP contribution in [0, 0.1) is 29.6 Å². The lowest BCUT2D eigenvalue weighted by atomic mass is 9.68. The maximum atomic E-state index is 4.04. The summed E-state index contributed by atoms with van der Waals surface area (Å²) < 4.78 is 0. The first kappa shape index (κ1) is 12.7. The second-order valence-corrected chi connectivity index (χ2v) is 7.44. The van der Waals surface area contributed by atoms with Gasteiger partial charge >= 0.3 is 0 Å². The quantitative estimate of drug-likeness (QED) is 0.743. The van der Waals surface area contributed by atoms with Crippen LogP contribution in [0.1, 0.15) is 52.9 Å². The van der Waals surface area contributed by atoms with Crippen molar-refractivity contribution < 1.29 is 0 Å². The molecule has 0 spiro atoms. The van der Waals surface area contributed by atoms with Crippen molar-refractivity contribution in [2.45, 2.75) is 65.0 Å². The molecule has 2 fully saturated rings. The highest BCUT2D eigenvalue weighted by Crippen LogP contribution is 2.44. The minimum atomic E-state index is 0.786. The second kappa shape index (κ2) is 5.00. The van der Waals surface area contributed by atoms with Crippen molar-refractivity contribution in [3.63, 3.8) is 0 Å². The lowest BCUT2D eigenvalue weighted by molar-refractivity contribution is 0.0958. The monoisotopic (exact) mass is 247 g/mol. The summed E-state index contributed by atoms with van der Waals surface area (Å²) in [4.78, 5) is 0. The van der Waals surface area contributed by atoms with E-state index in [1.165, 1.54) is 32.1 Å². The average molecular weight is 247 g/mol. The molecule has 3 aliphatic carbocycles. The molecule has 0 heterocycles. The molecule has 102 valence electrons. The third kappa shape index (κ3) is 2.27. The van der Waals surface area contributed by atoms with Gasteiger partial charge in [-0.3, -0.25) is 0 Å². The Labute approximate surface area is 112 Å². The zero-order valence-electron chi connectivity index (χ0n) is 12.2. The molecule has 0 aliphatic heterocycles. The van der Waals surface area contributed by atoms with Crippen LogP contribution in [0.3, 0.4) is 0 Å². The van der Waals surface area contributed by atoms with Crippen molar-refractivity contribution in [3.8, 4) is 0 Å². The zero-order valence-corrected chi connectivity index (χ0v) is 12.2. The lowest BCUT2D eigenvalue weighted by Crippen LogP contribution is -2.55. The molecule has 3 rings (SSSR count). The van der Waals surface area contributed by atoms with Crippen LogP contribution in [0.2, 0.25) is 0 Å². The molecule has 1 heteroatoms. The summed E-state index contributed by atoms with van der Waals surface area (Å²) >= 11 is 0. The molecule has 0 radical (unpaired) electrons. The number of fused-ring (bicyclic) bond motifs is 1. The van der Waals surface area contributed by atoms with Crippen LogP contribution >= 0.6 is 0 Å². The fourth-order valence-corrected chi connectivity index (χ4v) is 4.58. The first-order valence-electron chi connectivity index (χ1n) is 8.08. The highest BCUT2D eigenvalue weighted by Gasteiger charge is 2.43. The molecule has 1 nitrogen and oxygen atoms in total. The standard InChI is InChI=1S/C17H29N/c1-11(2)14-8-7-12(3)9-16(14)18-17-10-13-5-4-6-15(13)17/h4,6,11-18H,5,7-10H2,1-3H3. The maximum Gasteiger partial charge on any atom is 0.0138 e. The molecule has 6 atom stereocenters. The number of allylic oxidation sites excluding steroid dienone is 1. The van der Waals surface area contributed by atoms with E-state index in [0.717, 1.165) is 41.7 Å². The summed E-state index contributed by atoms with van der Waals surface area (Å²) in [6.45, 7) is 7.26. The van der Waals surface area contributed by atoms with Gasteiger partial charge in [0.05, 0.1) is 0 Å². The van der Waals surface area contributed by atoms with E-state index in [0.29, 0.717) is 0 Å². The van der Waals surface area contributed by atoms with Crippen molar-refractivity contribution in [3.05, 3.63) is 12.2 Å². The van der Waals surface area contributed by atoms with Crippen molar-refractivity contribution in [1.82, 2.24) is 5.32 Å². The van der Waals surface area contributed by atoms with Crippen molar-refractivity contribution in [2.24, 2.45) is 29.6 Å². The van der Waals surface area contributed by atoms with E-state index in [9.17, 15) is 0 Å². The molecule has 0 aromatic carbocycles. The van der Waals surface area contributed by atoms with Crippen LogP contribution in [-0.2, 0) is 0 Å². The van der Waals surface area contributed by atoms with Crippen molar-refractivity contribution >= 4 is 0 Å². The van der Waals surface area contributed by atoms with Crippen molar-refractivity contribution in [2.75, 3.05) is 0 Å². The molecule has 3 aliphatic rings. The third-order valence-electron chi connectivity index (χ3n) is 5.81. The van der Waals surface area contributed by atoms with E-state index >= 15 is 0 Å². The van der Waals surface area contributed by atoms with E-state index in [4.69, 9.17) is 0 Å². The average Bonchev–Trinajstić information content (AvgIpc) is 2.67. The van der Waals surface area contributed by atoms with Gasteiger partial charge in [-0.15, -0.1) is 0 Å². The molecule has 18 heavy (non-hydrogen) atoms. The molecular formula is C17H29N. The van der Waals surface area contributed by atoms with Crippen LogP contribution in [-0.4, -0.2) is 12.1 Å². The SMILES string of the molecule is CC1CCC(C(C)C)C(NC2CC3CC=CC32)C1. The van der Waals surface area contributed by atoms with Crippen LogP contribution in [0.15, 0.2) is 12.2 Å². The van der Waals surface area contributed by atoms with Crippen LogP contribution in [0.25, 0.3) is 0 Å². The van der Waals surface area contributed by atoms with Crippen LogP contribution < -0.4 is 5.32 Å². The molecule has 0 bridgehead atoms. The molecule has 6 unspecified atom stereocenters. The number of hydrogen-bond donors (Lipinski definition) is 1. The Morgan fingerprint density at radius 3 is 2.67 bits per heavy atom. The fraction of sp³-hybridized carbons (Fsp3) is 0.882. The third-order valence-corrected chi connectivity index (χ3v) is 5.81. The fourth-order valence-electron chi connectivity index (χ4n) is 4.58. The molecule has 0 aromatic heterocycles. The summed E-state index contributed by atoms with van der Waals surface area (Å²) in [6, 6.07) is 1.58. The minimum Gasteiger partial charge on any atom is -0.310 e. The van der Waals surface area contributed by atoms with E-state index in [2.05, 4.69) is 38.2 Å². The Morgan fingerprint density at radius 2 is 1.94 bits per heavy atom. The van der Waals surface area contributed by atoms with Crippen LogP contribution in [0.4, 0.5) is 0 Å². The smallest absolute Gasteiger partial charge is 0.0138 e. The van der Waals surface area contributed by atoms with E-state index in [-0.39, 0.29) is 0 Å². The summed E-state index contributed by atoms with van der Waals surface area (Å²) in [5.41, 5.74) is 0. The number of nitrogens with one attached hydrogen (secondary N) is 1. The largest absolute Gasteiger partial charge is 0.310 e. The van der Waals surface area contributed by atoms with Gasteiger partial charge in [-0.2, -0.15) is 0 Å². The van der Waals surface area contributed by atoms with Crippen molar-refractivity contribution in [1.29, 1.82) is 0 Å². The molecular weight excluding hydrogens is 218 g/mol. The molecule has 1 N–H and O–H groups in total. The normalized spacial score (nSPS) is 47.1. The van der Waals surface area contributed by atoms with E-state index < -0.39 is 0 Å². The molecule has 0 aromatic rings. The van der Waals surface area contributed by atoms with Crippen LogP contribution in [0.5, 0.6) is 0 Å². The predicted octanol–water partition coefficient (Wildman–Crippen LogP) is 4.00. The highest BCUT2D eigenvalue weighted by atomic mass is 15.0. The van der Waals surface area contributed by atoms with Gasteiger partial charge in [0.15, 0.2) is 0 Å². The Bertz CT molecular complexity index is 320. The van der Waals surface area contributed by atoms with Gasteiger partial charge < -0.3 is 5.32 Å². The molecule has 0 amide bonds. The van der Waals surface area contributed by atoms with Gasteiger partial charge in [0, 0.05) is 12.1 Å². The Balaban J connectivity index is 1.60. The summed E-state index contributed by atoms with van der Waals surface area (Å²) in [5, 5.41) is 4.04. The van der Waals surface area contributed by atoms with Gasteiger partial charge in [0.25, 0.3) is 0 Å². The second-order valence-electron chi connectivity index (χ2n) is 7.44. The number of hydrogen-bond acceptors (Lipinski definition) is 1. The lowest BCUT2D eigenvalue weighted by Gasteiger charge is -2.47. The maximum absolute atomic E-state index is 4.04. The Kier molecular flexibility index (Phi) is 3.53. The highest BCUT2D eigenvalue weighted by molar-refractivity contribution is 5.13. The number of rotatable bonds is 3. The molecule has 2 saturated carbocycles.